The maximum Gasteiger partial charge on any atom is 0.164 e. The standard InChI is InChI=1S/C11H10N4S2/c1-6-4-16-5-8(6)9-13-10(15-12)7-2-3-17-11(7)14-9/h2-5H,12H2,1H3,(H,13,14,15). The van der Waals surface area contributed by atoms with Gasteiger partial charge in [0.15, 0.2) is 11.6 Å². The van der Waals surface area contributed by atoms with Gasteiger partial charge >= 0.3 is 0 Å². The highest BCUT2D eigenvalue weighted by Gasteiger charge is 2.11. The number of thiophene rings is 2. The molecule has 0 amide bonds. The number of fused-ring (bicyclic) bond motifs is 1. The molecule has 3 rings (SSSR count). The van der Waals surface area contributed by atoms with Crippen molar-refractivity contribution in [2.24, 2.45) is 5.84 Å². The molecular weight excluding hydrogens is 252 g/mol. The summed E-state index contributed by atoms with van der Waals surface area (Å²) >= 11 is 3.24. The Morgan fingerprint density at radius 2 is 2.18 bits per heavy atom. The highest BCUT2D eigenvalue weighted by atomic mass is 32.1. The minimum Gasteiger partial charge on any atom is -0.308 e. The lowest BCUT2D eigenvalue weighted by molar-refractivity contribution is 1.19. The summed E-state index contributed by atoms with van der Waals surface area (Å²) in [5.41, 5.74) is 4.90. The van der Waals surface area contributed by atoms with Crippen LogP contribution in [0.2, 0.25) is 0 Å². The quantitative estimate of drug-likeness (QED) is 0.550. The fourth-order valence-electron chi connectivity index (χ4n) is 1.68. The van der Waals surface area contributed by atoms with Crippen molar-refractivity contribution in [2.75, 3.05) is 5.43 Å². The predicted molar refractivity (Wildman–Crippen MR) is 73.3 cm³/mol. The Bertz CT molecular complexity index is 671. The lowest BCUT2D eigenvalue weighted by Crippen LogP contribution is -2.09. The summed E-state index contributed by atoms with van der Waals surface area (Å²) in [6.45, 7) is 2.06. The van der Waals surface area contributed by atoms with Gasteiger partial charge < -0.3 is 5.43 Å². The van der Waals surface area contributed by atoms with Crippen molar-refractivity contribution >= 4 is 38.7 Å². The summed E-state index contributed by atoms with van der Waals surface area (Å²) in [7, 11) is 0. The third kappa shape index (κ3) is 1.70. The number of anilines is 1. The molecule has 3 aromatic heterocycles. The SMILES string of the molecule is Cc1cscc1-c1nc(NN)c2ccsc2n1. The molecule has 0 aliphatic carbocycles. The fourth-order valence-corrected chi connectivity index (χ4v) is 3.27. The van der Waals surface area contributed by atoms with Crippen molar-refractivity contribution in [1.82, 2.24) is 9.97 Å². The third-order valence-electron chi connectivity index (χ3n) is 2.56. The number of hydrogen-bond acceptors (Lipinski definition) is 6. The first-order valence-electron chi connectivity index (χ1n) is 5.04. The van der Waals surface area contributed by atoms with E-state index in [2.05, 4.69) is 33.1 Å². The largest absolute Gasteiger partial charge is 0.308 e. The zero-order chi connectivity index (χ0) is 11.8. The lowest BCUT2D eigenvalue weighted by Gasteiger charge is -2.04. The summed E-state index contributed by atoms with van der Waals surface area (Å²) in [5.74, 6) is 6.91. The summed E-state index contributed by atoms with van der Waals surface area (Å²) in [6, 6.07) is 1.97. The molecule has 4 nitrogen and oxygen atoms in total. The number of nitrogen functional groups attached to an aromatic ring is 1. The van der Waals surface area contributed by atoms with Gasteiger partial charge in [-0.3, -0.25) is 0 Å². The molecule has 0 aliphatic heterocycles. The molecule has 0 aromatic carbocycles. The van der Waals surface area contributed by atoms with Gasteiger partial charge in [0.05, 0.1) is 5.39 Å². The second-order valence-corrected chi connectivity index (χ2v) is 5.29. The fraction of sp³-hybridized carbons (Fsp3) is 0.0909. The zero-order valence-electron chi connectivity index (χ0n) is 9.10. The number of nitrogens with two attached hydrogens (primary N) is 1. The smallest absolute Gasteiger partial charge is 0.164 e. The van der Waals surface area contributed by atoms with Gasteiger partial charge in [0.1, 0.15) is 4.83 Å². The first-order valence-corrected chi connectivity index (χ1v) is 6.87. The van der Waals surface area contributed by atoms with Crippen LogP contribution in [0, 0.1) is 6.92 Å². The van der Waals surface area contributed by atoms with Crippen LogP contribution in [0.3, 0.4) is 0 Å². The highest BCUT2D eigenvalue weighted by Crippen LogP contribution is 2.30. The van der Waals surface area contributed by atoms with Gasteiger partial charge in [-0.1, -0.05) is 0 Å². The molecule has 0 fully saturated rings. The Morgan fingerprint density at radius 1 is 1.29 bits per heavy atom. The minimum absolute atomic E-state index is 0.678. The van der Waals surface area contributed by atoms with Crippen LogP contribution in [-0.2, 0) is 0 Å². The van der Waals surface area contributed by atoms with Crippen LogP contribution < -0.4 is 11.3 Å². The number of nitrogens with one attached hydrogen (secondary N) is 1. The van der Waals surface area contributed by atoms with E-state index >= 15 is 0 Å². The van der Waals surface area contributed by atoms with Crippen molar-refractivity contribution < 1.29 is 0 Å². The van der Waals surface area contributed by atoms with E-state index in [0.717, 1.165) is 21.6 Å². The van der Waals surface area contributed by atoms with Crippen molar-refractivity contribution in [3.8, 4) is 11.4 Å². The molecule has 3 aromatic rings. The molecule has 17 heavy (non-hydrogen) atoms. The molecular formula is C11H10N4S2. The average Bonchev–Trinajstić information content (AvgIpc) is 2.95. The second-order valence-electron chi connectivity index (χ2n) is 3.65. The van der Waals surface area contributed by atoms with Crippen molar-refractivity contribution in [3.63, 3.8) is 0 Å². The third-order valence-corrected chi connectivity index (χ3v) is 4.23. The van der Waals surface area contributed by atoms with E-state index in [9.17, 15) is 0 Å². The van der Waals surface area contributed by atoms with Crippen LogP contribution in [0.4, 0.5) is 5.82 Å². The zero-order valence-corrected chi connectivity index (χ0v) is 10.7. The Hall–Kier alpha value is -1.50. The van der Waals surface area contributed by atoms with E-state index in [-0.39, 0.29) is 0 Å². The average molecular weight is 262 g/mol. The highest BCUT2D eigenvalue weighted by molar-refractivity contribution is 7.16. The van der Waals surface area contributed by atoms with Gasteiger partial charge in [-0.15, -0.1) is 11.3 Å². The van der Waals surface area contributed by atoms with Gasteiger partial charge in [0, 0.05) is 10.9 Å². The van der Waals surface area contributed by atoms with E-state index in [4.69, 9.17) is 5.84 Å². The molecule has 3 heterocycles. The molecule has 0 bridgehead atoms. The van der Waals surface area contributed by atoms with E-state index in [1.807, 2.05) is 11.4 Å². The molecule has 0 atom stereocenters. The number of nitrogens with zero attached hydrogens (tertiary/aromatic N) is 2. The van der Waals surface area contributed by atoms with Crippen molar-refractivity contribution in [3.05, 3.63) is 27.8 Å². The van der Waals surface area contributed by atoms with Crippen LogP contribution in [0.1, 0.15) is 5.56 Å². The number of hydrazine groups is 1. The number of hydrogen-bond donors (Lipinski definition) is 2. The number of aromatic nitrogens is 2. The summed E-state index contributed by atoms with van der Waals surface area (Å²) in [5, 5.41) is 7.11. The van der Waals surface area contributed by atoms with Gasteiger partial charge in [0.25, 0.3) is 0 Å². The molecule has 0 unspecified atom stereocenters. The van der Waals surface area contributed by atoms with Crippen LogP contribution in [0.5, 0.6) is 0 Å². The molecule has 0 aliphatic rings. The summed E-state index contributed by atoms with van der Waals surface area (Å²) < 4.78 is 0. The number of rotatable bonds is 2. The monoisotopic (exact) mass is 262 g/mol. The first-order chi connectivity index (χ1) is 8.29. The molecule has 0 saturated heterocycles. The lowest BCUT2D eigenvalue weighted by atomic mass is 10.2. The summed E-state index contributed by atoms with van der Waals surface area (Å²) in [6.07, 6.45) is 0. The van der Waals surface area contributed by atoms with Crippen LogP contribution >= 0.6 is 22.7 Å². The first kappa shape index (κ1) is 10.6. The Balaban J connectivity index is 2.27. The maximum atomic E-state index is 5.50. The molecule has 0 spiro atoms. The van der Waals surface area contributed by atoms with E-state index in [0.29, 0.717) is 5.82 Å². The normalized spacial score (nSPS) is 10.9. The predicted octanol–water partition coefficient (Wildman–Crippen LogP) is 3.01. The van der Waals surface area contributed by atoms with Gasteiger partial charge in [-0.25, -0.2) is 15.8 Å². The molecule has 0 radical (unpaired) electrons. The molecule has 6 heteroatoms. The van der Waals surface area contributed by atoms with Crippen molar-refractivity contribution in [2.45, 2.75) is 6.92 Å². The van der Waals surface area contributed by atoms with Crippen molar-refractivity contribution in [1.29, 1.82) is 0 Å². The van der Waals surface area contributed by atoms with E-state index < -0.39 is 0 Å². The molecule has 0 saturated carbocycles. The number of aryl methyl sites for hydroxylation is 1. The minimum atomic E-state index is 0.678. The second kappa shape index (κ2) is 4.06. The van der Waals surface area contributed by atoms with Gasteiger partial charge in [-0.2, -0.15) is 11.3 Å². The van der Waals surface area contributed by atoms with Crippen LogP contribution in [0.15, 0.2) is 22.2 Å². The Labute approximate surface area is 106 Å². The van der Waals surface area contributed by atoms with E-state index in [1.54, 1.807) is 22.7 Å². The molecule has 3 N–H and O–H groups in total. The topological polar surface area (TPSA) is 63.8 Å². The molecule has 86 valence electrons. The van der Waals surface area contributed by atoms with Gasteiger partial charge in [-0.05, 0) is 29.3 Å². The van der Waals surface area contributed by atoms with Crippen LogP contribution in [-0.4, -0.2) is 9.97 Å². The Morgan fingerprint density at radius 3 is 2.88 bits per heavy atom. The summed E-state index contributed by atoms with van der Waals surface area (Å²) in [4.78, 5) is 9.98. The van der Waals surface area contributed by atoms with E-state index in [1.165, 1.54) is 5.56 Å². The Kier molecular flexibility index (Phi) is 2.54. The van der Waals surface area contributed by atoms with Gasteiger partial charge in [0.2, 0.25) is 0 Å². The maximum absolute atomic E-state index is 5.50. The van der Waals surface area contributed by atoms with Crippen LogP contribution in [0.25, 0.3) is 21.6 Å².